The molecule has 1 aliphatic rings. The smallest absolute Gasteiger partial charge is 0.0684 e. The van der Waals surface area contributed by atoms with Crippen LogP contribution in [0.4, 0.5) is 5.69 Å². The topological polar surface area (TPSA) is 23.5 Å². The van der Waals surface area contributed by atoms with Gasteiger partial charge in [0.15, 0.2) is 0 Å². The summed E-state index contributed by atoms with van der Waals surface area (Å²) < 4.78 is 0. The van der Waals surface area contributed by atoms with Crippen LogP contribution in [-0.2, 0) is 6.61 Å². The van der Waals surface area contributed by atoms with E-state index in [1.54, 1.807) is 0 Å². The standard InChI is InChI=1S/C16H25NO/c1-4-16(3)7-9-17(10-8-16)15-6-5-14(12-18)13(2)11-15/h5-6,11,18H,4,7-10,12H2,1-3H3. The number of rotatable bonds is 3. The van der Waals surface area contributed by atoms with Gasteiger partial charge in [-0.25, -0.2) is 0 Å². The Kier molecular flexibility index (Phi) is 3.96. The Morgan fingerprint density at radius 2 is 1.94 bits per heavy atom. The molecule has 2 nitrogen and oxygen atoms in total. The number of anilines is 1. The normalized spacial score (nSPS) is 19.0. The van der Waals surface area contributed by atoms with Gasteiger partial charge in [-0.1, -0.05) is 26.3 Å². The van der Waals surface area contributed by atoms with Gasteiger partial charge >= 0.3 is 0 Å². The molecule has 1 aromatic rings. The van der Waals surface area contributed by atoms with Crippen molar-refractivity contribution in [2.45, 2.75) is 46.6 Å². The maximum Gasteiger partial charge on any atom is 0.0684 e. The van der Waals surface area contributed by atoms with E-state index in [-0.39, 0.29) is 6.61 Å². The molecular weight excluding hydrogens is 222 g/mol. The summed E-state index contributed by atoms with van der Waals surface area (Å²) in [6.45, 7) is 9.24. The van der Waals surface area contributed by atoms with Crippen LogP contribution < -0.4 is 4.90 Å². The first kappa shape index (κ1) is 13.4. The monoisotopic (exact) mass is 247 g/mol. The van der Waals surface area contributed by atoms with Crippen LogP contribution in [0.1, 0.15) is 44.2 Å². The number of piperidine rings is 1. The van der Waals surface area contributed by atoms with Gasteiger partial charge in [-0.3, -0.25) is 0 Å². The van der Waals surface area contributed by atoms with Gasteiger partial charge in [0.05, 0.1) is 6.61 Å². The third-order valence-electron chi connectivity index (χ3n) is 4.69. The molecule has 100 valence electrons. The number of aliphatic hydroxyl groups is 1. The highest BCUT2D eigenvalue weighted by molar-refractivity contribution is 5.51. The molecule has 2 rings (SSSR count). The molecule has 1 saturated heterocycles. The highest BCUT2D eigenvalue weighted by atomic mass is 16.3. The van der Waals surface area contributed by atoms with Gasteiger partial charge in [0.1, 0.15) is 0 Å². The zero-order chi connectivity index (χ0) is 13.2. The fraction of sp³-hybridized carbons (Fsp3) is 0.625. The van der Waals surface area contributed by atoms with Gasteiger partial charge in [0.2, 0.25) is 0 Å². The lowest BCUT2D eigenvalue weighted by molar-refractivity contribution is 0.238. The van der Waals surface area contributed by atoms with Gasteiger partial charge in [-0.15, -0.1) is 0 Å². The second-order valence-electron chi connectivity index (χ2n) is 5.92. The van der Waals surface area contributed by atoms with Crippen molar-refractivity contribution < 1.29 is 5.11 Å². The number of hydrogen-bond donors (Lipinski definition) is 1. The minimum absolute atomic E-state index is 0.139. The van der Waals surface area contributed by atoms with Gasteiger partial charge in [0, 0.05) is 18.8 Å². The molecule has 18 heavy (non-hydrogen) atoms. The van der Waals surface area contributed by atoms with Crippen molar-refractivity contribution in [2.24, 2.45) is 5.41 Å². The van der Waals surface area contributed by atoms with Gasteiger partial charge in [-0.2, -0.15) is 0 Å². The first-order valence-corrected chi connectivity index (χ1v) is 7.03. The fourth-order valence-corrected chi connectivity index (χ4v) is 2.71. The van der Waals surface area contributed by atoms with Crippen molar-refractivity contribution in [2.75, 3.05) is 18.0 Å². The van der Waals surface area contributed by atoms with Crippen molar-refractivity contribution in [1.82, 2.24) is 0 Å². The molecule has 1 fully saturated rings. The molecule has 2 heteroatoms. The summed E-state index contributed by atoms with van der Waals surface area (Å²) in [5.41, 5.74) is 4.08. The molecule has 1 N–H and O–H groups in total. The molecule has 0 radical (unpaired) electrons. The molecule has 0 saturated carbocycles. The van der Waals surface area contributed by atoms with Gasteiger partial charge in [0.25, 0.3) is 0 Å². The lowest BCUT2D eigenvalue weighted by Gasteiger charge is -2.40. The second kappa shape index (κ2) is 5.31. The minimum atomic E-state index is 0.139. The molecule has 0 bridgehead atoms. The molecule has 1 heterocycles. The van der Waals surface area contributed by atoms with Crippen LogP contribution in [0.15, 0.2) is 18.2 Å². The molecule has 1 aromatic carbocycles. The van der Waals surface area contributed by atoms with Gasteiger partial charge in [-0.05, 0) is 48.4 Å². The van der Waals surface area contributed by atoms with Crippen molar-refractivity contribution in [3.8, 4) is 0 Å². The van der Waals surface area contributed by atoms with E-state index in [9.17, 15) is 5.11 Å². The predicted molar refractivity (Wildman–Crippen MR) is 76.9 cm³/mol. The van der Waals surface area contributed by atoms with Crippen LogP contribution in [0.5, 0.6) is 0 Å². The van der Waals surface area contributed by atoms with E-state index in [0.717, 1.165) is 18.7 Å². The number of aryl methyl sites for hydroxylation is 1. The molecule has 1 aliphatic heterocycles. The summed E-state index contributed by atoms with van der Waals surface area (Å²) in [5, 5.41) is 9.21. The van der Waals surface area contributed by atoms with Crippen LogP contribution in [0.2, 0.25) is 0 Å². The van der Waals surface area contributed by atoms with Crippen LogP contribution >= 0.6 is 0 Å². The number of nitrogens with zero attached hydrogens (tertiary/aromatic N) is 1. The van der Waals surface area contributed by atoms with E-state index in [1.807, 2.05) is 0 Å². The quantitative estimate of drug-likeness (QED) is 0.883. The molecule has 0 aliphatic carbocycles. The third kappa shape index (κ3) is 2.69. The zero-order valence-electron chi connectivity index (χ0n) is 11.9. The molecule has 0 atom stereocenters. The van der Waals surface area contributed by atoms with Gasteiger partial charge < -0.3 is 10.0 Å². The van der Waals surface area contributed by atoms with Crippen molar-refractivity contribution >= 4 is 5.69 Å². The molecule has 0 amide bonds. The third-order valence-corrected chi connectivity index (χ3v) is 4.69. The van der Waals surface area contributed by atoms with E-state index in [1.165, 1.54) is 30.5 Å². The van der Waals surface area contributed by atoms with E-state index in [4.69, 9.17) is 0 Å². The molecule has 0 aromatic heterocycles. The zero-order valence-corrected chi connectivity index (χ0v) is 11.9. The first-order chi connectivity index (χ1) is 8.58. The Labute approximate surface area is 111 Å². The maximum absolute atomic E-state index is 9.21. The largest absolute Gasteiger partial charge is 0.392 e. The number of hydrogen-bond acceptors (Lipinski definition) is 2. The van der Waals surface area contributed by atoms with Crippen LogP contribution in [0.3, 0.4) is 0 Å². The van der Waals surface area contributed by atoms with E-state index < -0.39 is 0 Å². The Morgan fingerprint density at radius 3 is 2.44 bits per heavy atom. The highest BCUT2D eigenvalue weighted by Crippen LogP contribution is 2.35. The van der Waals surface area contributed by atoms with Crippen LogP contribution in [0.25, 0.3) is 0 Å². The SMILES string of the molecule is CCC1(C)CCN(c2ccc(CO)c(C)c2)CC1. The fourth-order valence-electron chi connectivity index (χ4n) is 2.71. The number of benzene rings is 1. The maximum atomic E-state index is 9.21. The lowest BCUT2D eigenvalue weighted by Crippen LogP contribution is -2.38. The average Bonchev–Trinajstić information content (AvgIpc) is 2.39. The summed E-state index contributed by atoms with van der Waals surface area (Å²) >= 11 is 0. The summed E-state index contributed by atoms with van der Waals surface area (Å²) in [6.07, 6.45) is 3.85. The average molecular weight is 247 g/mol. The van der Waals surface area contributed by atoms with Crippen molar-refractivity contribution in [1.29, 1.82) is 0 Å². The molecule has 0 unspecified atom stereocenters. The van der Waals surface area contributed by atoms with Crippen molar-refractivity contribution in [3.05, 3.63) is 29.3 Å². The summed E-state index contributed by atoms with van der Waals surface area (Å²) in [4.78, 5) is 2.48. The first-order valence-electron chi connectivity index (χ1n) is 7.03. The highest BCUT2D eigenvalue weighted by Gasteiger charge is 2.28. The summed E-state index contributed by atoms with van der Waals surface area (Å²) in [7, 11) is 0. The summed E-state index contributed by atoms with van der Waals surface area (Å²) in [6, 6.07) is 6.41. The Balaban J connectivity index is 2.08. The van der Waals surface area contributed by atoms with E-state index >= 15 is 0 Å². The van der Waals surface area contributed by atoms with Crippen LogP contribution in [0, 0.1) is 12.3 Å². The van der Waals surface area contributed by atoms with E-state index in [0.29, 0.717) is 5.41 Å². The predicted octanol–water partition coefficient (Wildman–Crippen LogP) is 3.50. The Bertz CT molecular complexity index is 406. The van der Waals surface area contributed by atoms with Crippen molar-refractivity contribution in [3.63, 3.8) is 0 Å². The summed E-state index contributed by atoms with van der Waals surface area (Å²) in [5.74, 6) is 0. The minimum Gasteiger partial charge on any atom is -0.392 e. The Hall–Kier alpha value is -1.02. The Morgan fingerprint density at radius 1 is 1.28 bits per heavy atom. The van der Waals surface area contributed by atoms with E-state index in [2.05, 4.69) is 43.9 Å². The number of aliphatic hydroxyl groups excluding tert-OH is 1. The second-order valence-corrected chi connectivity index (χ2v) is 5.92. The molecular formula is C16H25NO. The lowest BCUT2D eigenvalue weighted by atomic mass is 9.78. The molecule has 0 spiro atoms. The van der Waals surface area contributed by atoms with Crippen LogP contribution in [-0.4, -0.2) is 18.2 Å².